The second-order valence-corrected chi connectivity index (χ2v) is 11.1. The van der Waals surface area contributed by atoms with Gasteiger partial charge in [0.25, 0.3) is 5.56 Å². The minimum absolute atomic E-state index is 0.0614. The van der Waals surface area contributed by atoms with Gasteiger partial charge in [0.05, 0.1) is 18.6 Å². The molecular weight excluding hydrogens is 531 g/mol. The number of aliphatic hydroxyl groups is 1. The minimum atomic E-state index is -4.11. The Morgan fingerprint density at radius 2 is 2.05 bits per heavy atom. The lowest BCUT2D eigenvalue weighted by molar-refractivity contribution is -0.147. The number of hydrogen-bond donors (Lipinski definition) is 3. The molecule has 1 saturated heterocycles. The Balaban J connectivity index is 1.72. The van der Waals surface area contributed by atoms with Gasteiger partial charge in [-0.25, -0.2) is 14.4 Å². The van der Waals surface area contributed by atoms with E-state index >= 15 is 0 Å². The number of nitrogens with zero attached hydrogens (tertiary/aromatic N) is 2. The molecule has 0 saturated carbocycles. The number of hydrogen-bond acceptors (Lipinski definition) is 10. The van der Waals surface area contributed by atoms with Crippen LogP contribution in [0.3, 0.4) is 0 Å². The van der Waals surface area contributed by atoms with Gasteiger partial charge in [-0.15, -0.1) is 0 Å². The molecule has 3 N–H and O–H groups in total. The number of esters is 1. The maximum absolute atomic E-state index is 13.6. The molecule has 1 aliphatic heterocycles. The standard InChI is InChI=1S/C25H33N4O9P/c1-4-8-17(2)22(32)35-14-12-27-39(34,38-18-9-6-5-7-10-18)36-15-19-21(31)25(3,16-26)23(37-19)29-13-11-20(30)28-24(29)33/h5-7,9-11,13,17,19,21,23,31H,4,8,12,14-15H2,1-3H3,(H,27,34)(H,28,30,33)/t17?,19-,21-,23-,25-,39?/m1/s1. The van der Waals surface area contributed by atoms with Gasteiger partial charge in [0.15, 0.2) is 6.23 Å². The summed E-state index contributed by atoms with van der Waals surface area (Å²) in [5, 5.41) is 23.4. The van der Waals surface area contributed by atoms with Gasteiger partial charge in [-0.1, -0.05) is 38.5 Å². The molecule has 1 aliphatic rings. The monoisotopic (exact) mass is 564 g/mol. The third kappa shape index (κ3) is 7.44. The highest BCUT2D eigenvalue weighted by Gasteiger charge is 2.55. The summed E-state index contributed by atoms with van der Waals surface area (Å²) >= 11 is 0. The van der Waals surface area contributed by atoms with Crippen LogP contribution in [0.5, 0.6) is 5.75 Å². The minimum Gasteiger partial charge on any atom is -0.464 e. The third-order valence-corrected chi connectivity index (χ3v) is 7.83. The molecular formula is C25H33N4O9P. The Hall–Kier alpha value is -3.27. The topological polar surface area (TPSA) is 182 Å². The van der Waals surface area contributed by atoms with Crippen molar-refractivity contribution in [1.82, 2.24) is 14.6 Å². The summed E-state index contributed by atoms with van der Waals surface area (Å²) in [5.41, 5.74) is -3.08. The summed E-state index contributed by atoms with van der Waals surface area (Å²) in [7, 11) is -4.11. The maximum atomic E-state index is 13.6. The number of ether oxygens (including phenoxy) is 2. The molecule has 2 unspecified atom stereocenters. The summed E-state index contributed by atoms with van der Waals surface area (Å²) in [5.74, 6) is -0.411. The van der Waals surface area contributed by atoms with E-state index in [-0.39, 0.29) is 30.8 Å². The summed E-state index contributed by atoms with van der Waals surface area (Å²) in [6.07, 6.45) is -1.26. The van der Waals surface area contributed by atoms with Gasteiger partial charge in [0, 0.05) is 18.8 Å². The van der Waals surface area contributed by atoms with Crippen LogP contribution in [0, 0.1) is 22.7 Å². The van der Waals surface area contributed by atoms with Crippen LogP contribution in [0.15, 0.2) is 52.2 Å². The van der Waals surface area contributed by atoms with E-state index in [2.05, 4.69) is 10.1 Å². The third-order valence-electron chi connectivity index (χ3n) is 6.28. The van der Waals surface area contributed by atoms with Crippen molar-refractivity contribution in [3.05, 3.63) is 63.4 Å². The number of para-hydroxylation sites is 1. The van der Waals surface area contributed by atoms with Crippen LogP contribution in [-0.2, 0) is 23.4 Å². The summed E-state index contributed by atoms with van der Waals surface area (Å²) in [6.45, 7) is 4.48. The van der Waals surface area contributed by atoms with E-state index in [0.717, 1.165) is 23.3 Å². The van der Waals surface area contributed by atoms with Crippen molar-refractivity contribution in [3.63, 3.8) is 0 Å². The molecule has 6 atom stereocenters. The van der Waals surface area contributed by atoms with Gasteiger partial charge in [0.2, 0.25) is 0 Å². The number of H-pyrrole nitrogens is 1. The number of aromatic amines is 1. The fourth-order valence-corrected chi connectivity index (χ4v) is 5.37. The van der Waals surface area contributed by atoms with Crippen molar-refractivity contribution in [2.24, 2.45) is 11.3 Å². The van der Waals surface area contributed by atoms with E-state index in [1.54, 1.807) is 37.3 Å². The number of aliphatic hydroxyl groups excluding tert-OH is 1. The molecule has 0 aliphatic carbocycles. The number of rotatable bonds is 13. The van der Waals surface area contributed by atoms with Crippen LogP contribution < -0.4 is 20.9 Å². The Morgan fingerprint density at radius 3 is 2.69 bits per heavy atom. The Kier molecular flexibility index (Phi) is 10.2. The molecule has 0 amide bonds. The number of benzene rings is 1. The van der Waals surface area contributed by atoms with Crippen LogP contribution in [0.2, 0.25) is 0 Å². The number of nitriles is 1. The lowest BCUT2D eigenvalue weighted by atomic mass is 9.84. The van der Waals surface area contributed by atoms with E-state index in [9.17, 15) is 29.3 Å². The highest BCUT2D eigenvalue weighted by Crippen LogP contribution is 2.48. The normalized spacial score (nSPS) is 24.8. The number of carbonyl (C=O) groups is 1. The smallest absolute Gasteiger partial charge is 0.458 e. The highest BCUT2D eigenvalue weighted by molar-refractivity contribution is 7.52. The molecule has 0 spiro atoms. The molecule has 2 heterocycles. The fraction of sp³-hybridized carbons (Fsp3) is 0.520. The first-order valence-electron chi connectivity index (χ1n) is 12.5. The number of carbonyl (C=O) groups excluding carboxylic acids is 1. The van der Waals surface area contributed by atoms with E-state index in [1.807, 2.05) is 13.0 Å². The molecule has 1 aromatic heterocycles. The van der Waals surface area contributed by atoms with Crippen LogP contribution in [0.25, 0.3) is 0 Å². The predicted octanol–water partition coefficient (Wildman–Crippen LogP) is 2.10. The molecule has 3 rings (SSSR count). The molecule has 1 fully saturated rings. The molecule has 212 valence electrons. The van der Waals surface area contributed by atoms with Gasteiger partial charge in [-0.2, -0.15) is 5.26 Å². The quantitative estimate of drug-likeness (QED) is 0.184. The van der Waals surface area contributed by atoms with Gasteiger partial charge in [0.1, 0.15) is 30.0 Å². The maximum Gasteiger partial charge on any atom is 0.458 e. The van der Waals surface area contributed by atoms with Crippen molar-refractivity contribution in [2.45, 2.75) is 52.0 Å². The number of nitrogens with one attached hydrogen (secondary N) is 2. The zero-order valence-electron chi connectivity index (χ0n) is 21.9. The first-order chi connectivity index (χ1) is 18.5. The van der Waals surface area contributed by atoms with Crippen molar-refractivity contribution in [1.29, 1.82) is 5.26 Å². The van der Waals surface area contributed by atoms with Crippen LogP contribution in [0.1, 0.15) is 39.8 Å². The molecule has 13 nitrogen and oxygen atoms in total. The molecule has 1 aromatic carbocycles. The largest absolute Gasteiger partial charge is 0.464 e. The first-order valence-corrected chi connectivity index (χ1v) is 14.0. The van der Waals surface area contributed by atoms with Crippen molar-refractivity contribution >= 4 is 13.7 Å². The van der Waals surface area contributed by atoms with Crippen molar-refractivity contribution in [2.75, 3.05) is 19.8 Å². The SMILES string of the molecule is CCCC(C)C(=O)OCCNP(=O)(OC[C@H]1O[C@@H](n2ccc(=O)[nH]c2=O)[C@](C)(C#N)[C@@H]1O)Oc1ccccc1. The van der Waals surface area contributed by atoms with E-state index in [1.165, 1.54) is 6.92 Å². The molecule has 0 radical (unpaired) electrons. The Labute approximate surface area is 225 Å². The highest BCUT2D eigenvalue weighted by atomic mass is 31.2. The van der Waals surface area contributed by atoms with Gasteiger partial charge in [-0.3, -0.25) is 23.7 Å². The van der Waals surface area contributed by atoms with Crippen molar-refractivity contribution < 1.29 is 33.0 Å². The summed E-state index contributed by atoms with van der Waals surface area (Å²) in [4.78, 5) is 37.9. The fourth-order valence-electron chi connectivity index (χ4n) is 4.06. The van der Waals surface area contributed by atoms with E-state index in [4.69, 9.17) is 18.5 Å². The first kappa shape index (κ1) is 30.3. The van der Waals surface area contributed by atoms with Gasteiger partial charge >= 0.3 is 19.4 Å². The second kappa shape index (κ2) is 13.2. The van der Waals surface area contributed by atoms with Crippen LogP contribution in [0.4, 0.5) is 0 Å². The molecule has 39 heavy (non-hydrogen) atoms. The zero-order valence-corrected chi connectivity index (χ0v) is 22.8. The van der Waals surface area contributed by atoms with E-state index in [0.29, 0.717) is 6.42 Å². The average Bonchev–Trinajstić information content (AvgIpc) is 3.16. The predicted molar refractivity (Wildman–Crippen MR) is 139 cm³/mol. The van der Waals surface area contributed by atoms with Gasteiger partial charge < -0.3 is 19.1 Å². The molecule has 14 heteroatoms. The molecule has 2 aromatic rings. The second-order valence-electron chi connectivity index (χ2n) is 9.35. The average molecular weight is 565 g/mol. The molecule has 0 bridgehead atoms. The number of aromatic nitrogens is 2. The van der Waals surface area contributed by atoms with Crippen molar-refractivity contribution in [3.8, 4) is 11.8 Å². The van der Waals surface area contributed by atoms with Crippen LogP contribution in [-0.4, -0.2) is 52.6 Å². The summed E-state index contributed by atoms with van der Waals surface area (Å²) < 4.78 is 36.8. The van der Waals surface area contributed by atoms with Crippen LogP contribution >= 0.6 is 7.75 Å². The zero-order chi connectivity index (χ0) is 28.6. The Bertz CT molecular complexity index is 1330. The van der Waals surface area contributed by atoms with E-state index < -0.39 is 49.5 Å². The Morgan fingerprint density at radius 1 is 1.33 bits per heavy atom. The van der Waals surface area contributed by atoms with Gasteiger partial charge in [-0.05, 0) is 25.5 Å². The lowest BCUT2D eigenvalue weighted by Gasteiger charge is -2.26. The lowest BCUT2D eigenvalue weighted by Crippen LogP contribution is -2.40. The summed E-state index contributed by atoms with van der Waals surface area (Å²) in [6, 6.07) is 11.3.